The Kier molecular flexibility index (Phi) is 9.04. The molecule has 0 aliphatic heterocycles. The molecule has 1 unspecified atom stereocenters. The van der Waals surface area contributed by atoms with Crippen molar-refractivity contribution in [2.45, 2.75) is 12.8 Å². The molecule has 1 amide bonds. The standard InChI is InChI=1S/C27H25F3N6O4S/c1-35(24-14-15-31-26(33-24)32-19-4-3-5-20(17-19)34-41(38)39)21-8-10-22(11-9-21)36(2)25(37)16-18-6-12-23(13-7-18)40-27(28,29)30/h3-15,17,34H,16H2,1-2H3,(H,38,39)(H,31,32,33)/p-1. The molecule has 0 spiro atoms. The monoisotopic (exact) mass is 585 g/mol. The zero-order chi connectivity index (χ0) is 29.6. The van der Waals surface area contributed by atoms with Gasteiger partial charge in [-0.15, -0.1) is 13.2 Å². The van der Waals surface area contributed by atoms with Gasteiger partial charge in [-0.25, -0.2) is 4.98 Å². The van der Waals surface area contributed by atoms with E-state index < -0.39 is 17.6 Å². The highest BCUT2D eigenvalue weighted by atomic mass is 32.2. The first kappa shape index (κ1) is 29.3. The Hall–Kier alpha value is -4.69. The fourth-order valence-electron chi connectivity index (χ4n) is 3.76. The number of likely N-dealkylation sites (N-methyl/N-ethyl adjacent to an activating group) is 1. The average Bonchev–Trinajstić information content (AvgIpc) is 2.92. The van der Waals surface area contributed by atoms with Gasteiger partial charge >= 0.3 is 6.36 Å². The topological polar surface area (TPSA) is 123 Å². The maximum atomic E-state index is 12.8. The Morgan fingerprint density at radius 3 is 2.29 bits per heavy atom. The number of benzene rings is 3. The maximum absolute atomic E-state index is 12.8. The molecule has 0 fully saturated rings. The Morgan fingerprint density at radius 1 is 0.976 bits per heavy atom. The van der Waals surface area contributed by atoms with Crippen LogP contribution >= 0.6 is 0 Å². The number of nitrogens with one attached hydrogen (secondary N) is 2. The lowest BCUT2D eigenvalue weighted by Crippen LogP contribution is -2.27. The van der Waals surface area contributed by atoms with Gasteiger partial charge in [0.15, 0.2) is 0 Å². The van der Waals surface area contributed by atoms with Gasteiger partial charge in [-0.2, -0.15) is 4.98 Å². The van der Waals surface area contributed by atoms with Crippen LogP contribution in [-0.4, -0.2) is 45.1 Å². The lowest BCUT2D eigenvalue weighted by atomic mass is 10.1. The Labute approximate surface area is 236 Å². The number of carbonyl (C=O) groups is 1. The smallest absolute Gasteiger partial charge is 0.573 e. The van der Waals surface area contributed by atoms with Crippen molar-refractivity contribution >= 4 is 51.7 Å². The highest BCUT2D eigenvalue weighted by Gasteiger charge is 2.31. The molecule has 0 bridgehead atoms. The molecule has 1 aromatic heterocycles. The van der Waals surface area contributed by atoms with Gasteiger partial charge in [0.2, 0.25) is 11.9 Å². The molecule has 10 nitrogen and oxygen atoms in total. The summed E-state index contributed by atoms with van der Waals surface area (Å²) in [7, 11) is 3.43. The summed E-state index contributed by atoms with van der Waals surface area (Å²) in [4.78, 5) is 24.8. The summed E-state index contributed by atoms with van der Waals surface area (Å²) >= 11 is -2.45. The summed E-state index contributed by atoms with van der Waals surface area (Å²) < 4.78 is 65.0. The zero-order valence-corrected chi connectivity index (χ0v) is 22.6. The second kappa shape index (κ2) is 12.7. The Bertz CT molecular complexity index is 1520. The Morgan fingerprint density at radius 2 is 1.63 bits per heavy atom. The van der Waals surface area contributed by atoms with Crippen molar-refractivity contribution in [3.8, 4) is 5.75 Å². The summed E-state index contributed by atoms with van der Waals surface area (Å²) in [6, 6.07) is 20.7. The zero-order valence-electron chi connectivity index (χ0n) is 21.8. The van der Waals surface area contributed by atoms with Crippen molar-refractivity contribution in [3.05, 3.63) is 90.6 Å². The SMILES string of the molecule is CN(C(=O)Cc1ccc(OC(F)(F)F)cc1)c1ccc(N(C)c2ccnc(Nc3cccc(NS(=O)[O-])c3)n2)cc1. The van der Waals surface area contributed by atoms with Gasteiger partial charge in [0.1, 0.15) is 11.6 Å². The minimum absolute atomic E-state index is 0.00508. The van der Waals surface area contributed by atoms with Gasteiger partial charge in [0.25, 0.3) is 0 Å². The third-order valence-corrected chi connectivity index (χ3v) is 6.22. The van der Waals surface area contributed by atoms with E-state index in [2.05, 4.69) is 24.7 Å². The molecule has 41 heavy (non-hydrogen) atoms. The third kappa shape index (κ3) is 8.40. The van der Waals surface area contributed by atoms with Crippen molar-refractivity contribution in [3.63, 3.8) is 0 Å². The second-order valence-corrected chi connectivity index (χ2v) is 9.35. The first-order valence-corrected chi connectivity index (χ1v) is 13.1. The molecule has 2 N–H and O–H groups in total. The number of hydrogen-bond acceptors (Lipinski definition) is 8. The van der Waals surface area contributed by atoms with Crippen LogP contribution in [0.1, 0.15) is 5.56 Å². The van der Waals surface area contributed by atoms with Crippen LogP contribution in [0.3, 0.4) is 0 Å². The highest BCUT2D eigenvalue weighted by molar-refractivity contribution is 7.80. The quantitative estimate of drug-likeness (QED) is 0.241. The van der Waals surface area contributed by atoms with Crippen LogP contribution in [0.25, 0.3) is 0 Å². The lowest BCUT2D eigenvalue weighted by molar-refractivity contribution is -0.274. The molecule has 0 saturated heterocycles. The van der Waals surface area contributed by atoms with Crippen LogP contribution in [-0.2, 0) is 22.5 Å². The molecule has 4 aromatic rings. The minimum Gasteiger partial charge on any atom is -0.755 e. The van der Waals surface area contributed by atoms with Crippen LogP contribution < -0.4 is 24.6 Å². The van der Waals surface area contributed by atoms with E-state index in [4.69, 9.17) is 0 Å². The van der Waals surface area contributed by atoms with Gasteiger partial charge in [-0.3, -0.25) is 9.00 Å². The predicted octanol–water partition coefficient (Wildman–Crippen LogP) is 5.30. The largest absolute Gasteiger partial charge is 0.755 e. The van der Waals surface area contributed by atoms with Gasteiger partial charge in [0, 0.05) is 54.3 Å². The van der Waals surface area contributed by atoms with E-state index in [0.29, 0.717) is 34.4 Å². The van der Waals surface area contributed by atoms with E-state index in [-0.39, 0.29) is 18.1 Å². The summed E-state index contributed by atoms with van der Waals surface area (Å²) in [6.07, 6.45) is -3.20. The van der Waals surface area contributed by atoms with Crippen LogP contribution in [0.2, 0.25) is 0 Å². The molecule has 1 heterocycles. The van der Waals surface area contributed by atoms with Crippen LogP contribution in [0, 0.1) is 0 Å². The van der Waals surface area contributed by atoms with E-state index in [9.17, 15) is 26.7 Å². The fraction of sp³-hybridized carbons (Fsp3) is 0.148. The number of aromatic nitrogens is 2. The number of amides is 1. The lowest BCUT2D eigenvalue weighted by Gasteiger charge is -2.21. The van der Waals surface area contributed by atoms with Gasteiger partial charge in [-0.1, -0.05) is 18.2 Å². The van der Waals surface area contributed by atoms with E-state index in [1.165, 1.54) is 29.2 Å². The Balaban J connectivity index is 1.39. The molecule has 214 valence electrons. The number of ether oxygens (including phenoxy) is 1. The van der Waals surface area contributed by atoms with Crippen molar-refractivity contribution in [2.24, 2.45) is 0 Å². The van der Waals surface area contributed by atoms with Gasteiger partial charge in [0.05, 0.1) is 6.42 Å². The van der Waals surface area contributed by atoms with Gasteiger partial charge < -0.3 is 29.1 Å². The van der Waals surface area contributed by atoms with Crippen LogP contribution in [0.5, 0.6) is 5.75 Å². The van der Waals surface area contributed by atoms with Crippen molar-refractivity contribution in [2.75, 3.05) is 33.9 Å². The number of alkyl halides is 3. The molecular formula is C27H24F3N6O4S-. The predicted molar refractivity (Wildman–Crippen MR) is 149 cm³/mol. The molecular weight excluding hydrogens is 561 g/mol. The van der Waals surface area contributed by atoms with E-state index in [0.717, 1.165) is 5.69 Å². The average molecular weight is 586 g/mol. The highest BCUT2D eigenvalue weighted by Crippen LogP contribution is 2.27. The van der Waals surface area contributed by atoms with Crippen molar-refractivity contribution in [1.82, 2.24) is 9.97 Å². The fourth-order valence-corrected chi connectivity index (χ4v) is 4.08. The molecule has 4 rings (SSSR count). The van der Waals surface area contributed by atoms with Crippen molar-refractivity contribution in [1.29, 1.82) is 0 Å². The molecule has 3 aromatic carbocycles. The first-order chi connectivity index (χ1) is 19.5. The van der Waals surface area contributed by atoms with Gasteiger partial charge in [-0.05, 0) is 66.2 Å². The number of nitrogens with zero attached hydrogens (tertiary/aromatic N) is 4. The van der Waals surface area contributed by atoms with Crippen LogP contribution in [0.15, 0.2) is 85.1 Å². The van der Waals surface area contributed by atoms with E-state index in [1.54, 1.807) is 55.7 Å². The summed E-state index contributed by atoms with van der Waals surface area (Å²) in [5.74, 6) is 0.277. The second-order valence-electron chi connectivity index (χ2n) is 8.68. The molecule has 0 aliphatic carbocycles. The number of rotatable bonds is 10. The molecule has 0 aliphatic rings. The number of halogens is 3. The van der Waals surface area contributed by atoms with E-state index in [1.807, 2.05) is 24.1 Å². The normalized spacial score (nSPS) is 11.9. The summed E-state index contributed by atoms with van der Waals surface area (Å²) in [6.45, 7) is 0. The first-order valence-electron chi connectivity index (χ1n) is 12.0. The summed E-state index contributed by atoms with van der Waals surface area (Å²) in [5, 5.41) is 3.04. The molecule has 14 heteroatoms. The number of hydrogen-bond donors (Lipinski definition) is 2. The number of anilines is 6. The molecule has 0 radical (unpaired) electrons. The van der Waals surface area contributed by atoms with Crippen LogP contribution in [0.4, 0.5) is 47.7 Å². The maximum Gasteiger partial charge on any atom is 0.573 e. The molecule has 0 saturated carbocycles. The number of carbonyl (C=O) groups excluding carboxylic acids is 1. The van der Waals surface area contributed by atoms with Crippen molar-refractivity contribution < 1.29 is 31.5 Å². The van der Waals surface area contributed by atoms with E-state index >= 15 is 0 Å². The molecule has 1 atom stereocenters. The third-order valence-electron chi connectivity index (χ3n) is 5.82. The minimum atomic E-state index is -4.78. The summed E-state index contributed by atoms with van der Waals surface area (Å²) in [5.41, 5.74) is 2.92.